The number of fused-ring (bicyclic) bond motifs is 1. The molecule has 1 aliphatic rings. The predicted molar refractivity (Wildman–Crippen MR) is 144 cm³/mol. The highest BCUT2D eigenvalue weighted by Gasteiger charge is 2.31. The molecule has 1 atom stereocenters. The number of allylic oxidation sites excluding steroid dienone is 1. The van der Waals surface area contributed by atoms with Crippen molar-refractivity contribution in [3.05, 3.63) is 108 Å². The minimum atomic E-state index is -0.508. The Labute approximate surface area is 222 Å². The van der Waals surface area contributed by atoms with Gasteiger partial charge >= 0.3 is 5.97 Å². The van der Waals surface area contributed by atoms with Gasteiger partial charge in [0, 0.05) is 11.6 Å². The van der Waals surface area contributed by atoms with E-state index in [1.54, 1.807) is 48.5 Å². The molecule has 38 heavy (non-hydrogen) atoms. The van der Waals surface area contributed by atoms with Gasteiger partial charge < -0.3 is 24.7 Å². The second-order valence-corrected chi connectivity index (χ2v) is 8.76. The monoisotopic (exact) mass is 510 g/mol. The molecule has 3 aromatic carbocycles. The molecule has 194 valence electrons. The molecule has 0 radical (unpaired) electrons. The standard InChI is InChI=1S/C31H30N2O5/c1-3-5-6-18-36-24-13-9-22(10-14-24)31(34)37-25-15-16-26-28(19-25)38-30(33)27(20-32)29(26)21-7-11-23(12-8-21)35-17-4-2/h4,7-16,19,29H,2-3,5-6,17-18,33H2,1H3. The third-order valence-electron chi connectivity index (χ3n) is 6.09. The van der Waals surface area contributed by atoms with Crippen molar-refractivity contribution in [3.8, 4) is 29.1 Å². The second kappa shape index (κ2) is 12.5. The fourth-order valence-electron chi connectivity index (χ4n) is 4.15. The summed E-state index contributed by atoms with van der Waals surface area (Å²) in [4.78, 5) is 12.7. The zero-order chi connectivity index (χ0) is 26.9. The first-order valence-electron chi connectivity index (χ1n) is 12.5. The van der Waals surface area contributed by atoms with Gasteiger partial charge in [-0.15, -0.1) is 0 Å². The lowest BCUT2D eigenvalue weighted by atomic mass is 9.83. The van der Waals surface area contributed by atoms with Gasteiger partial charge in [-0.1, -0.05) is 50.6 Å². The molecule has 4 rings (SSSR count). The van der Waals surface area contributed by atoms with Crippen molar-refractivity contribution in [2.75, 3.05) is 13.2 Å². The van der Waals surface area contributed by atoms with E-state index < -0.39 is 11.9 Å². The molecule has 1 heterocycles. The predicted octanol–water partition coefficient (Wildman–Crippen LogP) is 6.26. The summed E-state index contributed by atoms with van der Waals surface area (Å²) in [7, 11) is 0. The molecule has 1 unspecified atom stereocenters. The maximum atomic E-state index is 12.7. The first-order valence-corrected chi connectivity index (χ1v) is 12.5. The minimum absolute atomic E-state index is 0.00925. The molecule has 0 saturated carbocycles. The number of nitriles is 1. The van der Waals surface area contributed by atoms with Crippen LogP contribution in [0.4, 0.5) is 0 Å². The van der Waals surface area contributed by atoms with Gasteiger partial charge in [-0.2, -0.15) is 5.26 Å². The summed E-state index contributed by atoms with van der Waals surface area (Å²) < 4.78 is 22.6. The van der Waals surface area contributed by atoms with Crippen molar-refractivity contribution >= 4 is 5.97 Å². The van der Waals surface area contributed by atoms with E-state index in [0.717, 1.165) is 30.4 Å². The summed E-state index contributed by atoms with van der Waals surface area (Å²) in [6.07, 6.45) is 4.91. The second-order valence-electron chi connectivity index (χ2n) is 8.76. The fraction of sp³-hybridized carbons (Fsp3) is 0.226. The normalized spacial score (nSPS) is 14.1. The smallest absolute Gasteiger partial charge is 0.343 e. The Balaban J connectivity index is 1.50. The van der Waals surface area contributed by atoms with Crippen LogP contribution in [0.2, 0.25) is 0 Å². The lowest BCUT2D eigenvalue weighted by Gasteiger charge is -2.26. The number of carbonyl (C=O) groups is 1. The van der Waals surface area contributed by atoms with Crippen LogP contribution in [0.15, 0.2) is 90.8 Å². The number of hydrogen-bond donors (Lipinski definition) is 1. The average molecular weight is 511 g/mol. The SMILES string of the molecule is C=CCOc1ccc(C2C(C#N)=C(N)Oc3cc(OC(=O)c4ccc(OCCCCC)cc4)ccc32)cc1. The number of benzene rings is 3. The van der Waals surface area contributed by atoms with Gasteiger partial charge in [0.2, 0.25) is 5.88 Å². The van der Waals surface area contributed by atoms with E-state index in [-0.39, 0.29) is 5.88 Å². The molecule has 0 aliphatic carbocycles. The number of ether oxygens (including phenoxy) is 4. The highest BCUT2D eigenvalue weighted by molar-refractivity contribution is 5.91. The van der Waals surface area contributed by atoms with Gasteiger partial charge in [-0.25, -0.2) is 4.79 Å². The van der Waals surface area contributed by atoms with Gasteiger partial charge in [-0.3, -0.25) is 0 Å². The van der Waals surface area contributed by atoms with E-state index in [9.17, 15) is 10.1 Å². The molecule has 3 aromatic rings. The number of carbonyl (C=O) groups excluding carboxylic acids is 1. The van der Waals surface area contributed by atoms with Crippen molar-refractivity contribution in [2.45, 2.75) is 32.1 Å². The number of unbranched alkanes of at least 4 members (excludes halogenated alkanes) is 2. The van der Waals surface area contributed by atoms with Gasteiger partial charge in [0.25, 0.3) is 0 Å². The van der Waals surface area contributed by atoms with Crippen molar-refractivity contribution in [1.82, 2.24) is 0 Å². The largest absolute Gasteiger partial charge is 0.494 e. The summed E-state index contributed by atoms with van der Waals surface area (Å²) in [6.45, 7) is 6.83. The van der Waals surface area contributed by atoms with Gasteiger partial charge in [0.05, 0.1) is 18.1 Å². The van der Waals surface area contributed by atoms with E-state index in [1.165, 1.54) is 0 Å². The van der Waals surface area contributed by atoms with Crippen molar-refractivity contribution in [1.29, 1.82) is 5.26 Å². The van der Waals surface area contributed by atoms with Crippen LogP contribution in [0.3, 0.4) is 0 Å². The highest BCUT2D eigenvalue weighted by Crippen LogP contribution is 2.43. The maximum Gasteiger partial charge on any atom is 0.343 e. The van der Waals surface area contributed by atoms with E-state index in [0.29, 0.717) is 47.3 Å². The van der Waals surface area contributed by atoms with Gasteiger partial charge in [-0.05, 0) is 54.4 Å². The number of nitrogens with two attached hydrogens (primary N) is 1. The Bertz CT molecular complexity index is 1350. The van der Waals surface area contributed by atoms with E-state index in [2.05, 4.69) is 19.6 Å². The highest BCUT2D eigenvalue weighted by atomic mass is 16.5. The fourth-order valence-corrected chi connectivity index (χ4v) is 4.15. The van der Waals surface area contributed by atoms with E-state index in [1.807, 2.05) is 24.3 Å². The van der Waals surface area contributed by atoms with Crippen molar-refractivity contribution < 1.29 is 23.7 Å². The van der Waals surface area contributed by atoms with Crippen molar-refractivity contribution in [2.24, 2.45) is 5.73 Å². The number of rotatable bonds is 11. The first-order chi connectivity index (χ1) is 18.5. The molecule has 2 N–H and O–H groups in total. The van der Waals surface area contributed by atoms with E-state index in [4.69, 9.17) is 24.7 Å². The van der Waals surface area contributed by atoms with Crippen LogP contribution in [-0.4, -0.2) is 19.2 Å². The Kier molecular flexibility index (Phi) is 8.68. The molecular weight excluding hydrogens is 480 g/mol. The summed E-state index contributed by atoms with van der Waals surface area (Å²) in [5, 5.41) is 9.80. The lowest BCUT2D eigenvalue weighted by molar-refractivity contribution is 0.0734. The molecule has 0 aromatic heterocycles. The van der Waals surface area contributed by atoms with Gasteiger partial charge in [0.15, 0.2) is 0 Å². The Morgan fingerprint density at radius 3 is 2.39 bits per heavy atom. The quantitative estimate of drug-likeness (QED) is 0.141. The van der Waals surface area contributed by atoms with Crippen LogP contribution in [-0.2, 0) is 0 Å². The summed E-state index contributed by atoms with van der Waals surface area (Å²) >= 11 is 0. The topological polar surface area (TPSA) is 104 Å². The zero-order valence-electron chi connectivity index (χ0n) is 21.3. The summed E-state index contributed by atoms with van der Waals surface area (Å²) in [5.41, 5.74) is 8.40. The first kappa shape index (κ1) is 26.4. The van der Waals surface area contributed by atoms with Crippen molar-refractivity contribution in [3.63, 3.8) is 0 Å². The summed E-state index contributed by atoms with van der Waals surface area (Å²) in [6, 6.07) is 21.5. The molecule has 0 spiro atoms. The van der Waals surface area contributed by atoms with Gasteiger partial charge in [0.1, 0.15) is 41.2 Å². The molecule has 0 amide bonds. The minimum Gasteiger partial charge on any atom is -0.494 e. The van der Waals surface area contributed by atoms with Crippen LogP contribution >= 0.6 is 0 Å². The Hall–Kier alpha value is -4.70. The van der Waals surface area contributed by atoms with Crippen LogP contribution in [0, 0.1) is 11.3 Å². The third kappa shape index (κ3) is 6.16. The third-order valence-corrected chi connectivity index (χ3v) is 6.09. The number of esters is 1. The lowest BCUT2D eigenvalue weighted by Crippen LogP contribution is -2.21. The van der Waals surface area contributed by atoms with Crippen LogP contribution in [0.5, 0.6) is 23.0 Å². The molecule has 1 aliphatic heterocycles. The van der Waals surface area contributed by atoms with Crippen LogP contribution < -0.4 is 24.7 Å². The molecule has 0 saturated heterocycles. The molecular formula is C31H30N2O5. The molecule has 7 nitrogen and oxygen atoms in total. The maximum absolute atomic E-state index is 12.7. The molecule has 0 fully saturated rings. The Morgan fingerprint density at radius 1 is 1.03 bits per heavy atom. The van der Waals surface area contributed by atoms with Crippen LogP contribution in [0.25, 0.3) is 0 Å². The van der Waals surface area contributed by atoms with E-state index >= 15 is 0 Å². The zero-order valence-corrected chi connectivity index (χ0v) is 21.3. The summed E-state index contributed by atoms with van der Waals surface area (Å²) in [5.74, 6) is 1.18. The number of hydrogen-bond acceptors (Lipinski definition) is 7. The van der Waals surface area contributed by atoms with Crippen LogP contribution in [0.1, 0.15) is 53.6 Å². The molecule has 7 heteroatoms. The molecule has 0 bridgehead atoms. The number of nitrogens with zero attached hydrogens (tertiary/aromatic N) is 1. The Morgan fingerprint density at radius 2 is 1.71 bits per heavy atom. The average Bonchev–Trinajstić information content (AvgIpc) is 2.94.